The number of likely N-dealkylation sites (N-methyl/N-ethyl adjacent to an activating group) is 1. The molecule has 0 bridgehead atoms. The Bertz CT molecular complexity index is 409. The summed E-state index contributed by atoms with van der Waals surface area (Å²) in [6.45, 7) is 4.72. The molecule has 19 heavy (non-hydrogen) atoms. The number of hydrogen-bond donors (Lipinski definition) is 2. The number of para-hydroxylation sites is 1. The summed E-state index contributed by atoms with van der Waals surface area (Å²) in [6.07, 6.45) is 0. The molecule has 0 aliphatic carbocycles. The first-order valence-corrected chi connectivity index (χ1v) is 5.65. The fraction of sp³-hybridized carbons (Fsp3) is 0.462. The Balaban J connectivity index is 0. The molecule has 3 N–H and O–H groups in total. The number of anilines is 1. The number of benzene rings is 1. The topological polar surface area (TPSA) is 58.4 Å². The highest BCUT2D eigenvalue weighted by atomic mass is 35.5. The maximum Gasteiger partial charge on any atom is 0.253 e. The molecule has 6 heteroatoms. The molecule has 110 valence electrons. The van der Waals surface area contributed by atoms with Gasteiger partial charge in [-0.15, -0.1) is 24.8 Å². The van der Waals surface area contributed by atoms with E-state index in [2.05, 4.69) is 24.1 Å². The first-order valence-electron chi connectivity index (χ1n) is 5.65. The quantitative estimate of drug-likeness (QED) is 0.838. The Hall–Kier alpha value is -0.970. The van der Waals surface area contributed by atoms with Crippen LogP contribution in [0, 0.1) is 0 Å². The number of carbonyl (C=O) groups is 1. The summed E-state index contributed by atoms with van der Waals surface area (Å²) in [4.78, 5) is 14.0. The number of nitrogen functional groups attached to an aromatic ring is 1. The van der Waals surface area contributed by atoms with Crippen molar-refractivity contribution >= 4 is 36.4 Å². The lowest BCUT2D eigenvalue weighted by Crippen LogP contribution is -2.48. The second-order valence-electron chi connectivity index (χ2n) is 4.98. The fourth-order valence-electron chi connectivity index (χ4n) is 1.25. The molecular weight excluding hydrogens is 285 g/mol. The molecule has 0 fully saturated rings. The zero-order valence-corrected chi connectivity index (χ0v) is 13.4. The van der Waals surface area contributed by atoms with Crippen molar-refractivity contribution in [1.29, 1.82) is 0 Å². The molecule has 1 amide bonds. The largest absolute Gasteiger partial charge is 0.398 e. The van der Waals surface area contributed by atoms with Crippen LogP contribution in [0.4, 0.5) is 5.69 Å². The lowest BCUT2D eigenvalue weighted by atomic mass is 10.0. The number of hydrogen-bond acceptors (Lipinski definition) is 3. The van der Waals surface area contributed by atoms with Crippen LogP contribution in [0.3, 0.4) is 0 Å². The smallest absolute Gasteiger partial charge is 0.253 e. The zero-order chi connectivity index (χ0) is 13.1. The van der Waals surface area contributed by atoms with Gasteiger partial charge in [0.2, 0.25) is 0 Å². The first-order chi connectivity index (χ1) is 7.84. The van der Waals surface area contributed by atoms with Crippen LogP contribution in [-0.4, -0.2) is 37.0 Å². The van der Waals surface area contributed by atoms with Gasteiger partial charge in [0.15, 0.2) is 0 Å². The predicted octanol–water partition coefficient (Wildman–Crippen LogP) is 2.18. The highest BCUT2D eigenvalue weighted by Gasteiger charge is 2.21. The van der Waals surface area contributed by atoms with Gasteiger partial charge in [0.05, 0.1) is 5.56 Å². The summed E-state index contributed by atoms with van der Waals surface area (Å²) in [5, 5.41) is 2.90. The van der Waals surface area contributed by atoms with Gasteiger partial charge in [-0.3, -0.25) is 4.79 Å². The van der Waals surface area contributed by atoms with E-state index < -0.39 is 0 Å². The van der Waals surface area contributed by atoms with Crippen molar-refractivity contribution in [2.75, 3.05) is 26.4 Å². The van der Waals surface area contributed by atoms with Crippen LogP contribution in [0.25, 0.3) is 0 Å². The number of halogens is 2. The van der Waals surface area contributed by atoms with E-state index in [1.54, 1.807) is 12.1 Å². The van der Waals surface area contributed by atoms with E-state index in [1.807, 2.05) is 26.2 Å². The molecule has 0 radical (unpaired) electrons. The van der Waals surface area contributed by atoms with E-state index in [-0.39, 0.29) is 36.3 Å². The average molecular weight is 308 g/mol. The maximum absolute atomic E-state index is 11.9. The third-order valence-corrected chi connectivity index (χ3v) is 3.10. The van der Waals surface area contributed by atoms with Crippen molar-refractivity contribution in [3.8, 4) is 0 Å². The zero-order valence-electron chi connectivity index (χ0n) is 11.8. The van der Waals surface area contributed by atoms with Crippen LogP contribution in [0.1, 0.15) is 24.2 Å². The van der Waals surface area contributed by atoms with E-state index >= 15 is 0 Å². The molecule has 0 aliphatic heterocycles. The third kappa shape index (κ3) is 5.68. The molecule has 0 spiro atoms. The third-order valence-electron chi connectivity index (χ3n) is 3.10. The summed E-state index contributed by atoms with van der Waals surface area (Å²) >= 11 is 0. The summed E-state index contributed by atoms with van der Waals surface area (Å²) in [5.41, 5.74) is 6.70. The predicted molar refractivity (Wildman–Crippen MR) is 85.4 cm³/mol. The highest BCUT2D eigenvalue weighted by molar-refractivity contribution is 5.99. The molecule has 0 aliphatic rings. The molecule has 1 rings (SSSR count). The first kappa shape index (κ1) is 20.3. The SMILES string of the molecule is CN(C)C(C)(C)CNC(=O)c1ccccc1N.Cl.Cl. The van der Waals surface area contributed by atoms with Crippen molar-refractivity contribution in [2.24, 2.45) is 0 Å². The monoisotopic (exact) mass is 307 g/mol. The van der Waals surface area contributed by atoms with E-state index in [0.717, 1.165) is 0 Å². The van der Waals surface area contributed by atoms with Crippen LogP contribution in [0.5, 0.6) is 0 Å². The summed E-state index contributed by atoms with van der Waals surface area (Å²) in [7, 11) is 3.98. The van der Waals surface area contributed by atoms with Crippen molar-refractivity contribution in [2.45, 2.75) is 19.4 Å². The van der Waals surface area contributed by atoms with Gasteiger partial charge in [-0.1, -0.05) is 12.1 Å². The molecular formula is C13H23Cl2N3O. The van der Waals surface area contributed by atoms with Crippen molar-refractivity contribution in [1.82, 2.24) is 10.2 Å². The van der Waals surface area contributed by atoms with Crippen molar-refractivity contribution in [3.63, 3.8) is 0 Å². The minimum atomic E-state index is -0.127. The van der Waals surface area contributed by atoms with Crippen molar-refractivity contribution in [3.05, 3.63) is 29.8 Å². The number of amides is 1. The van der Waals surface area contributed by atoms with E-state index in [4.69, 9.17) is 5.73 Å². The molecule has 0 aromatic heterocycles. The highest BCUT2D eigenvalue weighted by Crippen LogP contribution is 2.12. The summed E-state index contributed by atoms with van der Waals surface area (Å²) in [5.74, 6) is -0.127. The van der Waals surface area contributed by atoms with Gasteiger partial charge in [-0.2, -0.15) is 0 Å². The standard InChI is InChI=1S/C13H21N3O.2ClH/c1-13(2,16(3)4)9-15-12(17)10-7-5-6-8-11(10)14;;/h5-8H,9,14H2,1-4H3,(H,15,17);2*1H. The van der Waals surface area contributed by atoms with E-state index in [0.29, 0.717) is 17.8 Å². The number of nitrogens with one attached hydrogen (secondary N) is 1. The lowest BCUT2D eigenvalue weighted by Gasteiger charge is -2.32. The van der Waals surface area contributed by atoms with Crippen LogP contribution in [0.15, 0.2) is 24.3 Å². The number of rotatable bonds is 4. The van der Waals surface area contributed by atoms with Gasteiger partial charge in [0, 0.05) is 17.8 Å². The van der Waals surface area contributed by atoms with Gasteiger partial charge >= 0.3 is 0 Å². The Labute approximate surface area is 127 Å². The van der Waals surface area contributed by atoms with Crippen LogP contribution < -0.4 is 11.1 Å². The van der Waals surface area contributed by atoms with Gasteiger partial charge in [0.25, 0.3) is 5.91 Å². The second-order valence-corrected chi connectivity index (χ2v) is 4.98. The maximum atomic E-state index is 11.9. The molecule has 1 aromatic rings. The van der Waals surface area contributed by atoms with Gasteiger partial charge in [0.1, 0.15) is 0 Å². The van der Waals surface area contributed by atoms with E-state index in [9.17, 15) is 4.79 Å². The molecule has 4 nitrogen and oxygen atoms in total. The van der Waals surface area contributed by atoms with Gasteiger partial charge in [-0.05, 0) is 40.1 Å². The van der Waals surface area contributed by atoms with E-state index in [1.165, 1.54) is 0 Å². The Morgan fingerprint density at radius 2 is 1.79 bits per heavy atom. The van der Waals surface area contributed by atoms with Crippen LogP contribution in [0.2, 0.25) is 0 Å². The fourth-order valence-corrected chi connectivity index (χ4v) is 1.25. The minimum Gasteiger partial charge on any atom is -0.398 e. The number of nitrogens with zero attached hydrogens (tertiary/aromatic N) is 1. The molecule has 0 heterocycles. The average Bonchev–Trinajstić information content (AvgIpc) is 2.26. The summed E-state index contributed by atoms with van der Waals surface area (Å²) in [6, 6.07) is 7.08. The Morgan fingerprint density at radius 3 is 2.26 bits per heavy atom. The number of carbonyl (C=O) groups excluding carboxylic acids is 1. The Kier molecular flexibility index (Phi) is 8.84. The molecule has 0 unspecified atom stereocenters. The lowest BCUT2D eigenvalue weighted by molar-refractivity contribution is 0.0920. The minimum absolute atomic E-state index is 0. The van der Waals surface area contributed by atoms with Gasteiger partial charge < -0.3 is 16.0 Å². The van der Waals surface area contributed by atoms with Crippen LogP contribution >= 0.6 is 24.8 Å². The molecule has 0 saturated carbocycles. The summed E-state index contributed by atoms with van der Waals surface area (Å²) < 4.78 is 0. The van der Waals surface area contributed by atoms with Gasteiger partial charge in [-0.25, -0.2) is 0 Å². The molecule has 0 atom stereocenters. The number of nitrogens with two attached hydrogens (primary N) is 1. The van der Waals surface area contributed by atoms with Crippen LogP contribution in [-0.2, 0) is 0 Å². The normalized spacial score (nSPS) is 10.4. The molecule has 0 saturated heterocycles. The second kappa shape index (κ2) is 8.25. The molecule has 1 aromatic carbocycles. The Morgan fingerprint density at radius 1 is 1.26 bits per heavy atom. The van der Waals surface area contributed by atoms with Crippen molar-refractivity contribution < 1.29 is 4.79 Å².